The minimum atomic E-state index is -1.64. The maximum Gasteiger partial charge on any atom is 0.343 e. The summed E-state index contributed by atoms with van der Waals surface area (Å²) in [5.41, 5.74) is -1.05. The highest BCUT2D eigenvalue weighted by Crippen LogP contribution is 2.42. The molecule has 2 aliphatic rings. The molecule has 2 unspecified atom stereocenters. The lowest BCUT2D eigenvalue weighted by Gasteiger charge is -2.33. The van der Waals surface area contributed by atoms with Crippen molar-refractivity contribution >= 4 is 17.8 Å². The summed E-state index contributed by atoms with van der Waals surface area (Å²) >= 11 is 0. The number of nitrogens with one attached hydrogen (secondary N) is 1. The van der Waals surface area contributed by atoms with Crippen molar-refractivity contribution in [1.82, 2.24) is 15.0 Å². The average Bonchev–Trinajstić information content (AvgIpc) is 3.45. The zero-order valence-corrected chi connectivity index (χ0v) is 20.3. The molecule has 1 amide bonds. The molecule has 10 heteroatoms. The van der Waals surface area contributed by atoms with Crippen LogP contribution >= 0.6 is 0 Å². The van der Waals surface area contributed by atoms with Crippen LogP contribution in [0.4, 0.5) is 5.95 Å². The van der Waals surface area contributed by atoms with Gasteiger partial charge in [-0.25, -0.2) is 19.7 Å². The third-order valence-corrected chi connectivity index (χ3v) is 6.65. The Labute approximate surface area is 204 Å². The Morgan fingerprint density at radius 2 is 1.82 bits per heavy atom. The van der Waals surface area contributed by atoms with Gasteiger partial charge in [0.15, 0.2) is 18.2 Å². The van der Waals surface area contributed by atoms with Crippen molar-refractivity contribution in [2.75, 3.05) is 32.0 Å². The van der Waals surface area contributed by atoms with Gasteiger partial charge >= 0.3 is 5.97 Å². The van der Waals surface area contributed by atoms with E-state index in [2.05, 4.69) is 20.3 Å². The van der Waals surface area contributed by atoms with Gasteiger partial charge in [-0.15, -0.1) is 0 Å². The lowest BCUT2D eigenvalue weighted by Crippen LogP contribution is -3.00. The fourth-order valence-corrected chi connectivity index (χ4v) is 4.98. The first kappa shape index (κ1) is 25.2. The van der Waals surface area contributed by atoms with Crippen molar-refractivity contribution < 1.29 is 40.9 Å². The van der Waals surface area contributed by atoms with Crippen LogP contribution in [0.25, 0.3) is 0 Å². The number of hydrogen-bond donors (Lipinski definition) is 2. The highest BCUT2D eigenvalue weighted by molar-refractivity contribution is 5.89. The molecule has 2 N–H and O–H groups in total. The van der Waals surface area contributed by atoms with E-state index in [1.165, 1.54) is 12.7 Å². The van der Waals surface area contributed by atoms with Crippen LogP contribution in [0.5, 0.6) is 0 Å². The molecule has 3 atom stereocenters. The van der Waals surface area contributed by atoms with Gasteiger partial charge < -0.3 is 31.3 Å². The molecule has 2 heterocycles. The zero-order chi connectivity index (χ0) is 22.6. The van der Waals surface area contributed by atoms with Crippen LogP contribution in [0, 0.1) is 5.92 Å². The topological polar surface area (TPSA) is 114 Å². The van der Waals surface area contributed by atoms with Crippen LogP contribution in [-0.2, 0) is 19.9 Å². The predicted molar refractivity (Wildman–Crippen MR) is 116 cm³/mol. The van der Waals surface area contributed by atoms with Crippen molar-refractivity contribution in [1.29, 1.82) is 0 Å². The molecule has 178 valence electrons. The number of amides is 1. The first-order chi connectivity index (χ1) is 15.4. The van der Waals surface area contributed by atoms with Crippen LogP contribution in [0.1, 0.15) is 37.7 Å². The number of benzene rings is 1. The van der Waals surface area contributed by atoms with E-state index < -0.39 is 11.6 Å². The van der Waals surface area contributed by atoms with E-state index in [0.717, 1.165) is 25.7 Å². The molecule has 0 radical (unpaired) electrons. The number of rotatable bonds is 7. The van der Waals surface area contributed by atoms with Crippen molar-refractivity contribution in [3.63, 3.8) is 0 Å². The minimum Gasteiger partial charge on any atom is -1.00 e. The molecular weight excluding hydrogens is 490 g/mol. The Hall–Kier alpha value is -2.43. The molecule has 0 spiro atoms. The third kappa shape index (κ3) is 5.74. The van der Waals surface area contributed by atoms with Gasteiger partial charge in [-0.3, -0.25) is 10.1 Å². The van der Waals surface area contributed by atoms with Crippen molar-refractivity contribution in [2.45, 2.75) is 43.8 Å². The van der Waals surface area contributed by atoms with Gasteiger partial charge in [0, 0.05) is 12.3 Å². The minimum absolute atomic E-state index is 0. The molecule has 1 aromatic carbocycles. The van der Waals surface area contributed by atoms with Gasteiger partial charge in [-0.05, 0) is 18.4 Å². The first-order valence-corrected chi connectivity index (χ1v) is 11.1. The standard InChI is InChI=1S/C23H29N5O4.BrH/c1-28(14-20(29)27-22-25-15-24-16-26-22)12-11-19(13-28)32-21(30)23(31,18-9-5-6-10-18)17-7-3-2-4-8-17;/h2-4,7-8,15-16,18-19,31H,5-6,9-14H2,1H3;1H/t19?,23?,28-;/m1./s1. The summed E-state index contributed by atoms with van der Waals surface area (Å²) in [6, 6.07) is 9.11. The van der Waals surface area contributed by atoms with Gasteiger partial charge in [0.05, 0.1) is 13.6 Å². The molecule has 2 aromatic rings. The number of aromatic nitrogens is 3. The number of carbonyl (C=O) groups excluding carboxylic acids is 2. The summed E-state index contributed by atoms with van der Waals surface area (Å²) in [5.74, 6) is -0.727. The number of aliphatic hydroxyl groups is 1. The fourth-order valence-electron chi connectivity index (χ4n) is 4.98. The van der Waals surface area contributed by atoms with Crippen LogP contribution in [0.3, 0.4) is 0 Å². The van der Waals surface area contributed by atoms with E-state index in [4.69, 9.17) is 4.74 Å². The summed E-state index contributed by atoms with van der Waals surface area (Å²) < 4.78 is 6.30. The van der Waals surface area contributed by atoms with Gasteiger partial charge in [0.1, 0.15) is 19.2 Å². The summed E-state index contributed by atoms with van der Waals surface area (Å²) in [6.07, 6.45) is 6.53. The lowest BCUT2D eigenvalue weighted by molar-refractivity contribution is -0.890. The third-order valence-electron chi connectivity index (χ3n) is 6.65. The highest BCUT2D eigenvalue weighted by atomic mass is 79.9. The molecule has 4 rings (SSSR count). The largest absolute Gasteiger partial charge is 1.00 e. The molecule has 1 aliphatic heterocycles. The molecule has 1 aromatic heterocycles. The van der Waals surface area contributed by atoms with Crippen LogP contribution in [-0.4, -0.2) is 69.2 Å². The smallest absolute Gasteiger partial charge is 0.343 e. The molecule has 1 saturated carbocycles. The number of carbonyl (C=O) groups is 2. The molecule has 33 heavy (non-hydrogen) atoms. The number of anilines is 1. The average molecular weight is 520 g/mol. The second-order valence-corrected chi connectivity index (χ2v) is 9.12. The van der Waals surface area contributed by atoms with Crippen molar-refractivity contribution in [3.8, 4) is 0 Å². The SMILES string of the molecule is C[N@@+]1(CC(=O)Nc2ncncn2)CCC(OC(=O)C(O)(c2ccccc2)C2CCCC2)C1.[Br-]. The maximum atomic E-state index is 13.3. The summed E-state index contributed by atoms with van der Waals surface area (Å²) in [7, 11) is 1.96. The summed E-state index contributed by atoms with van der Waals surface area (Å²) in [6.45, 7) is 1.41. The van der Waals surface area contributed by atoms with E-state index in [-0.39, 0.29) is 47.4 Å². The molecule has 9 nitrogen and oxygen atoms in total. The van der Waals surface area contributed by atoms with Crippen LogP contribution in [0.15, 0.2) is 43.0 Å². The maximum absolute atomic E-state index is 13.3. The Morgan fingerprint density at radius 3 is 2.48 bits per heavy atom. The number of nitrogens with zero attached hydrogens (tertiary/aromatic N) is 4. The Bertz CT molecular complexity index is 944. The van der Waals surface area contributed by atoms with E-state index in [9.17, 15) is 14.7 Å². The fraction of sp³-hybridized carbons (Fsp3) is 0.522. The number of likely N-dealkylation sites (tertiary alicyclic amines) is 1. The first-order valence-electron chi connectivity index (χ1n) is 11.1. The Kier molecular flexibility index (Phi) is 8.14. The zero-order valence-electron chi connectivity index (χ0n) is 18.7. The van der Waals surface area contributed by atoms with Gasteiger partial charge in [-0.1, -0.05) is 43.2 Å². The van der Waals surface area contributed by atoms with Gasteiger partial charge in [0.25, 0.3) is 5.91 Å². The molecule has 1 aliphatic carbocycles. The molecule has 2 fully saturated rings. The van der Waals surface area contributed by atoms with Gasteiger partial charge in [0.2, 0.25) is 5.95 Å². The number of halogens is 1. The monoisotopic (exact) mass is 519 g/mol. The Balaban J connectivity index is 0.00000306. The predicted octanol–water partition coefficient (Wildman–Crippen LogP) is -1.35. The van der Waals surface area contributed by atoms with Crippen molar-refractivity contribution in [2.24, 2.45) is 5.92 Å². The van der Waals surface area contributed by atoms with Crippen LogP contribution in [0.2, 0.25) is 0 Å². The number of ether oxygens (including phenoxy) is 1. The summed E-state index contributed by atoms with van der Waals surface area (Å²) in [4.78, 5) is 37.3. The highest BCUT2D eigenvalue weighted by Gasteiger charge is 2.50. The number of hydrogen-bond acceptors (Lipinski definition) is 7. The van der Waals surface area contributed by atoms with Crippen molar-refractivity contribution in [3.05, 3.63) is 48.5 Å². The quantitative estimate of drug-likeness (QED) is 0.343. The summed E-state index contributed by atoms with van der Waals surface area (Å²) in [5, 5.41) is 14.3. The van der Waals surface area contributed by atoms with E-state index in [1.54, 1.807) is 12.1 Å². The number of likely N-dealkylation sites (N-methyl/N-ethyl adjacent to an activating group) is 1. The van der Waals surface area contributed by atoms with Crippen LogP contribution < -0.4 is 22.3 Å². The lowest BCUT2D eigenvalue weighted by atomic mass is 9.80. The van der Waals surface area contributed by atoms with E-state index >= 15 is 0 Å². The Morgan fingerprint density at radius 1 is 1.15 bits per heavy atom. The van der Waals surface area contributed by atoms with E-state index in [0.29, 0.717) is 29.6 Å². The second-order valence-electron chi connectivity index (χ2n) is 9.12. The molecule has 0 bridgehead atoms. The van der Waals surface area contributed by atoms with E-state index in [1.807, 2.05) is 25.2 Å². The number of esters is 1. The molecule has 1 saturated heterocycles. The second kappa shape index (κ2) is 10.7. The van der Waals surface area contributed by atoms with Gasteiger partial charge in [-0.2, -0.15) is 0 Å². The normalized spacial score (nSPS) is 24.5. The number of quaternary nitrogens is 1. The molecular formula is C23H30BrN5O4.